The molecule has 0 bridgehead atoms. The molecule has 1 unspecified atom stereocenters. The lowest BCUT2D eigenvalue weighted by Crippen LogP contribution is -2.31. The highest BCUT2D eigenvalue weighted by Crippen LogP contribution is 2.08. The minimum Gasteiger partial charge on any atom is -0.355 e. The minimum atomic E-state index is -0.104. The predicted octanol–water partition coefficient (Wildman–Crippen LogP) is 0.694. The van der Waals surface area contributed by atoms with Crippen molar-refractivity contribution >= 4 is 24.2 Å². The zero-order chi connectivity index (χ0) is 13.7. The van der Waals surface area contributed by atoms with Gasteiger partial charge in [-0.05, 0) is 30.7 Å². The van der Waals surface area contributed by atoms with Gasteiger partial charge in [-0.1, -0.05) is 12.1 Å². The van der Waals surface area contributed by atoms with Crippen LogP contribution in [0.1, 0.15) is 22.3 Å². The smallest absolute Gasteiger partial charge is 0.251 e. The summed E-state index contributed by atoms with van der Waals surface area (Å²) in [5.41, 5.74) is 1.62. The van der Waals surface area contributed by atoms with Gasteiger partial charge in [0.1, 0.15) is 0 Å². The van der Waals surface area contributed by atoms with Crippen molar-refractivity contribution in [2.75, 3.05) is 20.1 Å². The second-order valence-corrected chi connectivity index (χ2v) is 4.68. The molecule has 0 aromatic heterocycles. The van der Waals surface area contributed by atoms with Crippen molar-refractivity contribution in [3.05, 3.63) is 35.4 Å². The van der Waals surface area contributed by atoms with E-state index in [1.807, 2.05) is 12.1 Å². The Balaban J connectivity index is 0.00000200. The Hall–Kier alpha value is -1.59. The molecule has 0 saturated carbocycles. The highest BCUT2D eigenvalue weighted by Gasteiger charge is 2.21. The standard InChI is InChI=1S/C14H19N3O2.ClH/c1-15-13(18)11-4-2-10(3-5-11)8-17-14(19)12-6-7-16-9-12;/h2-5,12,16H,6-9H2,1H3,(H,15,18)(H,17,19);1H. The van der Waals surface area contributed by atoms with Crippen LogP contribution >= 0.6 is 12.4 Å². The van der Waals surface area contributed by atoms with Gasteiger partial charge < -0.3 is 16.0 Å². The van der Waals surface area contributed by atoms with Crippen LogP contribution in [0.25, 0.3) is 0 Å². The lowest BCUT2D eigenvalue weighted by atomic mass is 10.1. The number of rotatable bonds is 4. The van der Waals surface area contributed by atoms with Gasteiger partial charge in [0.15, 0.2) is 0 Å². The maximum atomic E-state index is 11.8. The summed E-state index contributed by atoms with van der Waals surface area (Å²) in [7, 11) is 1.60. The molecule has 6 heteroatoms. The fourth-order valence-electron chi connectivity index (χ4n) is 2.13. The van der Waals surface area contributed by atoms with Gasteiger partial charge in [-0.3, -0.25) is 9.59 Å². The SMILES string of the molecule is CNC(=O)c1ccc(CNC(=O)C2CCNC2)cc1.Cl. The Morgan fingerprint density at radius 3 is 2.55 bits per heavy atom. The summed E-state index contributed by atoms with van der Waals surface area (Å²) in [4.78, 5) is 23.2. The van der Waals surface area contributed by atoms with Gasteiger partial charge in [-0.2, -0.15) is 0 Å². The van der Waals surface area contributed by atoms with Gasteiger partial charge in [-0.25, -0.2) is 0 Å². The maximum absolute atomic E-state index is 11.8. The zero-order valence-corrected chi connectivity index (χ0v) is 12.3. The van der Waals surface area contributed by atoms with Crippen LogP contribution in [0, 0.1) is 5.92 Å². The van der Waals surface area contributed by atoms with Gasteiger partial charge in [0.25, 0.3) is 5.91 Å². The Kier molecular flexibility index (Phi) is 6.48. The summed E-state index contributed by atoms with van der Waals surface area (Å²) in [5, 5.41) is 8.67. The van der Waals surface area contributed by atoms with Gasteiger partial charge in [0.05, 0.1) is 5.92 Å². The van der Waals surface area contributed by atoms with Gasteiger partial charge >= 0.3 is 0 Å². The number of hydrogen-bond acceptors (Lipinski definition) is 3. The minimum absolute atomic E-state index is 0. The number of nitrogens with one attached hydrogen (secondary N) is 3. The van der Waals surface area contributed by atoms with E-state index in [1.54, 1.807) is 19.2 Å². The van der Waals surface area contributed by atoms with Crippen LogP contribution in [-0.4, -0.2) is 32.0 Å². The fourth-order valence-corrected chi connectivity index (χ4v) is 2.13. The molecular formula is C14H20ClN3O2. The lowest BCUT2D eigenvalue weighted by Gasteiger charge is -2.10. The van der Waals surface area contributed by atoms with E-state index in [-0.39, 0.29) is 30.1 Å². The van der Waals surface area contributed by atoms with E-state index in [2.05, 4.69) is 16.0 Å². The summed E-state index contributed by atoms with van der Waals surface area (Å²) >= 11 is 0. The van der Waals surface area contributed by atoms with Crippen LogP contribution in [0.2, 0.25) is 0 Å². The number of benzene rings is 1. The number of halogens is 1. The van der Waals surface area contributed by atoms with Crippen molar-refractivity contribution in [1.29, 1.82) is 0 Å². The quantitative estimate of drug-likeness (QED) is 0.766. The topological polar surface area (TPSA) is 70.2 Å². The molecule has 1 aliphatic rings. The molecule has 2 amide bonds. The summed E-state index contributed by atoms with van der Waals surface area (Å²) < 4.78 is 0. The van der Waals surface area contributed by atoms with Crippen molar-refractivity contribution in [2.24, 2.45) is 5.92 Å². The van der Waals surface area contributed by atoms with E-state index in [0.29, 0.717) is 12.1 Å². The zero-order valence-electron chi connectivity index (χ0n) is 11.4. The first kappa shape index (κ1) is 16.5. The van der Waals surface area contributed by atoms with E-state index < -0.39 is 0 Å². The molecule has 110 valence electrons. The number of carbonyl (C=O) groups excluding carboxylic acids is 2. The number of amides is 2. The fraction of sp³-hybridized carbons (Fsp3) is 0.429. The molecule has 1 fully saturated rings. The first-order valence-electron chi connectivity index (χ1n) is 6.50. The van der Waals surface area contributed by atoms with Gasteiger partial charge in [0, 0.05) is 25.7 Å². The molecule has 0 spiro atoms. The first-order chi connectivity index (χ1) is 9.20. The van der Waals surface area contributed by atoms with Crippen LogP contribution < -0.4 is 16.0 Å². The van der Waals surface area contributed by atoms with E-state index in [4.69, 9.17) is 0 Å². The molecule has 0 aliphatic carbocycles. The van der Waals surface area contributed by atoms with E-state index in [0.717, 1.165) is 25.1 Å². The second-order valence-electron chi connectivity index (χ2n) is 4.68. The van der Waals surface area contributed by atoms with Gasteiger partial charge in [-0.15, -0.1) is 12.4 Å². The number of carbonyl (C=O) groups is 2. The molecule has 1 aromatic carbocycles. The summed E-state index contributed by atoms with van der Waals surface area (Å²) in [6.45, 7) is 2.18. The highest BCUT2D eigenvalue weighted by molar-refractivity contribution is 5.93. The van der Waals surface area contributed by atoms with Crippen LogP contribution in [0.5, 0.6) is 0 Å². The van der Waals surface area contributed by atoms with Crippen LogP contribution in [0.4, 0.5) is 0 Å². The predicted molar refractivity (Wildman–Crippen MR) is 79.9 cm³/mol. The third kappa shape index (κ3) is 4.21. The molecule has 1 atom stereocenters. The van der Waals surface area contributed by atoms with Crippen molar-refractivity contribution in [1.82, 2.24) is 16.0 Å². The first-order valence-corrected chi connectivity index (χ1v) is 6.50. The normalized spacial score (nSPS) is 17.1. The molecule has 1 aliphatic heterocycles. The van der Waals surface area contributed by atoms with Crippen molar-refractivity contribution in [3.8, 4) is 0 Å². The molecule has 1 aromatic rings. The average Bonchev–Trinajstić information content (AvgIpc) is 2.98. The largest absolute Gasteiger partial charge is 0.355 e. The van der Waals surface area contributed by atoms with Crippen LogP contribution in [-0.2, 0) is 11.3 Å². The monoisotopic (exact) mass is 297 g/mol. The van der Waals surface area contributed by atoms with Gasteiger partial charge in [0.2, 0.25) is 5.91 Å². The van der Waals surface area contributed by atoms with Crippen molar-refractivity contribution in [2.45, 2.75) is 13.0 Å². The Morgan fingerprint density at radius 1 is 1.30 bits per heavy atom. The molecule has 5 nitrogen and oxygen atoms in total. The second kappa shape index (κ2) is 7.87. The van der Waals surface area contributed by atoms with Crippen LogP contribution in [0.3, 0.4) is 0 Å². The molecular weight excluding hydrogens is 278 g/mol. The molecule has 20 heavy (non-hydrogen) atoms. The van der Waals surface area contributed by atoms with E-state index in [9.17, 15) is 9.59 Å². The van der Waals surface area contributed by atoms with E-state index >= 15 is 0 Å². The Morgan fingerprint density at radius 2 is 2.00 bits per heavy atom. The summed E-state index contributed by atoms with van der Waals surface area (Å²) in [5.74, 6) is 0.0816. The third-order valence-electron chi connectivity index (χ3n) is 3.34. The lowest BCUT2D eigenvalue weighted by molar-refractivity contribution is -0.124. The molecule has 0 radical (unpaired) electrons. The molecule has 1 saturated heterocycles. The maximum Gasteiger partial charge on any atom is 0.251 e. The summed E-state index contributed by atoms with van der Waals surface area (Å²) in [6, 6.07) is 7.24. The van der Waals surface area contributed by atoms with Crippen molar-refractivity contribution in [3.63, 3.8) is 0 Å². The molecule has 2 rings (SSSR count). The molecule has 3 N–H and O–H groups in total. The summed E-state index contributed by atoms with van der Waals surface area (Å²) in [6.07, 6.45) is 0.904. The average molecular weight is 298 g/mol. The Labute approximate surface area is 124 Å². The van der Waals surface area contributed by atoms with Crippen molar-refractivity contribution < 1.29 is 9.59 Å². The van der Waals surface area contributed by atoms with Crippen LogP contribution in [0.15, 0.2) is 24.3 Å². The molecule has 1 heterocycles. The third-order valence-corrected chi connectivity index (χ3v) is 3.34. The Bertz CT molecular complexity index is 456. The highest BCUT2D eigenvalue weighted by atomic mass is 35.5. The number of hydrogen-bond donors (Lipinski definition) is 3. The van der Waals surface area contributed by atoms with E-state index in [1.165, 1.54) is 0 Å².